The zero-order chi connectivity index (χ0) is 15.9. The fourth-order valence-electron chi connectivity index (χ4n) is 1.96. The standard InChI is InChI=1S/C16H19FN2O3/c1-19(2)14(15-4-3-9-21-15)10-18-16(20)11-22-13-7-5-12(17)6-8-13/h3-9,14H,10-11H2,1-2H3,(H,18,20). The maximum absolute atomic E-state index is 12.8. The normalized spacial score (nSPS) is 12.2. The smallest absolute Gasteiger partial charge is 0.258 e. The second kappa shape index (κ2) is 7.61. The fourth-order valence-corrected chi connectivity index (χ4v) is 1.96. The Kier molecular flexibility index (Phi) is 5.55. The minimum Gasteiger partial charge on any atom is -0.484 e. The number of carbonyl (C=O) groups is 1. The van der Waals surface area contributed by atoms with Crippen LogP contribution >= 0.6 is 0 Å². The topological polar surface area (TPSA) is 54.7 Å². The van der Waals surface area contributed by atoms with Crippen molar-refractivity contribution in [3.63, 3.8) is 0 Å². The molecule has 0 aliphatic rings. The summed E-state index contributed by atoms with van der Waals surface area (Å²) in [5.41, 5.74) is 0. The highest BCUT2D eigenvalue weighted by Crippen LogP contribution is 2.17. The second-order valence-corrected chi connectivity index (χ2v) is 5.04. The molecule has 1 amide bonds. The summed E-state index contributed by atoms with van der Waals surface area (Å²) in [5.74, 6) is 0.642. The number of benzene rings is 1. The van der Waals surface area contributed by atoms with E-state index in [0.29, 0.717) is 12.3 Å². The molecule has 0 fully saturated rings. The Morgan fingerprint density at radius 1 is 1.32 bits per heavy atom. The third kappa shape index (κ3) is 4.60. The molecule has 1 unspecified atom stereocenters. The highest BCUT2D eigenvalue weighted by Gasteiger charge is 2.17. The van der Waals surface area contributed by atoms with Gasteiger partial charge in [0.15, 0.2) is 6.61 Å². The van der Waals surface area contributed by atoms with Crippen molar-refractivity contribution in [2.24, 2.45) is 0 Å². The fraction of sp³-hybridized carbons (Fsp3) is 0.312. The second-order valence-electron chi connectivity index (χ2n) is 5.04. The van der Waals surface area contributed by atoms with Gasteiger partial charge in [0.2, 0.25) is 0 Å². The predicted molar refractivity (Wildman–Crippen MR) is 80.0 cm³/mol. The number of rotatable bonds is 7. The van der Waals surface area contributed by atoms with E-state index in [9.17, 15) is 9.18 Å². The van der Waals surface area contributed by atoms with E-state index in [1.165, 1.54) is 24.3 Å². The van der Waals surface area contributed by atoms with E-state index in [2.05, 4.69) is 5.32 Å². The Morgan fingerprint density at radius 2 is 2.05 bits per heavy atom. The zero-order valence-corrected chi connectivity index (χ0v) is 12.6. The summed E-state index contributed by atoms with van der Waals surface area (Å²) in [6, 6.07) is 9.15. The van der Waals surface area contributed by atoms with Gasteiger partial charge in [0, 0.05) is 6.54 Å². The number of amides is 1. The van der Waals surface area contributed by atoms with Crippen LogP contribution in [0.4, 0.5) is 4.39 Å². The van der Waals surface area contributed by atoms with Gasteiger partial charge in [0.25, 0.3) is 5.91 Å². The van der Waals surface area contributed by atoms with Crippen molar-refractivity contribution in [1.82, 2.24) is 10.2 Å². The van der Waals surface area contributed by atoms with Crippen molar-refractivity contribution in [2.45, 2.75) is 6.04 Å². The van der Waals surface area contributed by atoms with Crippen LogP contribution in [-0.2, 0) is 4.79 Å². The number of hydrogen-bond acceptors (Lipinski definition) is 4. The molecule has 1 aromatic heterocycles. The molecule has 0 aliphatic carbocycles. The first-order valence-corrected chi connectivity index (χ1v) is 6.91. The summed E-state index contributed by atoms with van der Waals surface area (Å²) in [5, 5.41) is 2.79. The molecule has 0 saturated carbocycles. The quantitative estimate of drug-likeness (QED) is 0.852. The van der Waals surface area contributed by atoms with E-state index < -0.39 is 0 Å². The lowest BCUT2D eigenvalue weighted by Crippen LogP contribution is -2.36. The third-order valence-electron chi connectivity index (χ3n) is 3.17. The van der Waals surface area contributed by atoms with Gasteiger partial charge >= 0.3 is 0 Å². The number of ether oxygens (including phenoxy) is 1. The van der Waals surface area contributed by atoms with Crippen LogP contribution in [0.3, 0.4) is 0 Å². The molecule has 22 heavy (non-hydrogen) atoms. The van der Waals surface area contributed by atoms with Gasteiger partial charge in [-0.15, -0.1) is 0 Å². The highest BCUT2D eigenvalue weighted by atomic mass is 19.1. The minimum atomic E-state index is -0.343. The number of halogens is 1. The largest absolute Gasteiger partial charge is 0.484 e. The Bertz CT molecular complexity index is 582. The number of likely N-dealkylation sites (N-methyl/N-ethyl adjacent to an activating group) is 1. The van der Waals surface area contributed by atoms with Gasteiger partial charge in [0.05, 0.1) is 12.3 Å². The van der Waals surface area contributed by atoms with Crippen LogP contribution < -0.4 is 10.1 Å². The van der Waals surface area contributed by atoms with Crippen LogP contribution in [0.25, 0.3) is 0 Å². The zero-order valence-electron chi connectivity index (χ0n) is 12.6. The van der Waals surface area contributed by atoms with Crippen LogP contribution in [-0.4, -0.2) is 38.1 Å². The molecule has 1 atom stereocenters. The number of furan rings is 1. The maximum Gasteiger partial charge on any atom is 0.258 e. The molecule has 0 spiro atoms. The van der Waals surface area contributed by atoms with Crippen LogP contribution in [0.5, 0.6) is 5.75 Å². The van der Waals surface area contributed by atoms with Gasteiger partial charge in [-0.2, -0.15) is 0 Å². The molecule has 0 aliphatic heterocycles. The monoisotopic (exact) mass is 306 g/mol. The van der Waals surface area contributed by atoms with Gasteiger partial charge in [0.1, 0.15) is 17.3 Å². The molecular formula is C16H19FN2O3. The summed E-state index contributed by atoms with van der Waals surface area (Å²) in [4.78, 5) is 13.8. The van der Waals surface area contributed by atoms with E-state index in [-0.39, 0.29) is 24.4 Å². The first kappa shape index (κ1) is 16.0. The van der Waals surface area contributed by atoms with Gasteiger partial charge in [-0.3, -0.25) is 9.69 Å². The van der Waals surface area contributed by atoms with Crippen molar-refractivity contribution in [3.8, 4) is 5.75 Å². The number of hydrogen-bond donors (Lipinski definition) is 1. The molecule has 5 nitrogen and oxygen atoms in total. The highest BCUT2D eigenvalue weighted by molar-refractivity contribution is 5.77. The minimum absolute atomic E-state index is 0.0511. The number of nitrogens with zero attached hydrogens (tertiary/aromatic N) is 1. The summed E-state index contributed by atoms with van der Waals surface area (Å²) >= 11 is 0. The maximum atomic E-state index is 12.8. The Morgan fingerprint density at radius 3 is 2.64 bits per heavy atom. The van der Waals surface area contributed by atoms with E-state index in [0.717, 1.165) is 5.76 Å². The van der Waals surface area contributed by atoms with E-state index in [4.69, 9.17) is 9.15 Å². The molecule has 1 heterocycles. The first-order chi connectivity index (χ1) is 10.6. The van der Waals surface area contributed by atoms with Crippen LogP contribution in [0, 0.1) is 5.82 Å². The number of nitrogens with one attached hydrogen (secondary N) is 1. The van der Waals surface area contributed by atoms with Crippen LogP contribution in [0.2, 0.25) is 0 Å². The van der Waals surface area contributed by atoms with Gasteiger partial charge in [-0.1, -0.05) is 0 Å². The SMILES string of the molecule is CN(C)C(CNC(=O)COc1ccc(F)cc1)c1ccco1. The molecule has 1 aromatic carbocycles. The molecule has 6 heteroatoms. The van der Waals surface area contributed by atoms with Crippen molar-refractivity contribution in [3.05, 3.63) is 54.2 Å². The summed E-state index contributed by atoms with van der Waals surface area (Å²) in [6.07, 6.45) is 1.60. The molecule has 0 radical (unpaired) electrons. The first-order valence-electron chi connectivity index (χ1n) is 6.91. The van der Waals surface area contributed by atoms with Crippen molar-refractivity contribution in [2.75, 3.05) is 27.2 Å². The van der Waals surface area contributed by atoms with Gasteiger partial charge in [-0.25, -0.2) is 4.39 Å². The van der Waals surface area contributed by atoms with Crippen molar-refractivity contribution in [1.29, 1.82) is 0 Å². The predicted octanol–water partition coefficient (Wildman–Crippen LogP) is 2.22. The third-order valence-corrected chi connectivity index (χ3v) is 3.17. The molecule has 2 rings (SSSR count). The van der Waals surface area contributed by atoms with Crippen molar-refractivity contribution >= 4 is 5.91 Å². The Labute approximate surface area is 128 Å². The summed E-state index contributed by atoms with van der Waals surface area (Å²) in [6.45, 7) is 0.288. The van der Waals surface area contributed by atoms with E-state index >= 15 is 0 Å². The lowest BCUT2D eigenvalue weighted by molar-refractivity contribution is -0.123. The van der Waals surface area contributed by atoms with E-state index in [1.807, 2.05) is 31.1 Å². The van der Waals surface area contributed by atoms with Gasteiger partial charge in [-0.05, 0) is 50.5 Å². The Balaban J connectivity index is 1.80. The number of carbonyl (C=O) groups excluding carboxylic acids is 1. The lowest BCUT2D eigenvalue weighted by atomic mass is 10.2. The molecule has 0 saturated heterocycles. The average molecular weight is 306 g/mol. The molecule has 1 N–H and O–H groups in total. The summed E-state index contributed by atoms with van der Waals surface area (Å²) < 4.78 is 23.4. The van der Waals surface area contributed by atoms with Crippen LogP contribution in [0.15, 0.2) is 47.1 Å². The molecule has 0 bridgehead atoms. The summed E-state index contributed by atoms with van der Waals surface area (Å²) in [7, 11) is 3.82. The molecular weight excluding hydrogens is 287 g/mol. The lowest BCUT2D eigenvalue weighted by Gasteiger charge is -2.22. The average Bonchev–Trinajstić information content (AvgIpc) is 3.00. The molecule has 2 aromatic rings. The van der Waals surface area contributed by atoms with E-state index in [1.54, 1.807) is 6.26 Å². The Hall–Kier alpha value is -2.34. The van der Waals surface area contributed by atoms with Crippen LogP contribution in [0.1, 0.15) is 11.8 Å². The molecule has 118 valence electrons. The van der Waals surface area contributed by atoms with Crippen molar-refractivity contribution < 1.29 is 18.3 Å². The van der Waals surface area contributed by atoms with Gasteiger partial charge < -0.3 is 14.5 Å².